The Balaban J connectivity index is 1.42. The first kappa shape index (κ1) is 36.8. The summed E-state index contributed by atoms with van der Waals surface area (Å²) in [7, 11) is 3.37. The highest BCUT2D eigenvalue weighted by Crippen LogP contribution is 2.52. The van der Waals surface area contributed by atoms with Gasteiger partial charge in [-0.3, -0.25) is 0 Å². The summed E-state index contributed by atoms with van der Waals surface area (Å²) in [6.45, 7) is 1.58. The Bertz CT molecular complexity index is 2660. The van der Waals surface area contributed by atoms with Gasteiger partial charge in [-0.1, -0.05) is 121 Å². The predicted molar refractivity (Wildman–Crippen MR) is 242 cm³/mol. The van der Waals surface area contributed by atoms with Crippen LogP contribution in [0.4, 0.5) is 11.4 Å². The van der Waals surface area contributed by atoms with E-state index in [9.17, 15) is 0 Å². The van der Waals surface area contributed by atoms with Crippen LogP contribution in [0.1, 0.15) is 0 Å². The number of fused-ring (bicyclic) bond motifs is 4. The maximum Gasteiger partial charge on any atom is 0.131 e. The monoisotopic (exact) mass is 760 g/mol. The Labute approximate surface area is 338 Å². The van der Waals surface area contributed by atoms with Gasteiger partial charge in [0.05, 0.1) is 13.2 Å². The number of methoxy groups -OCH3 is 2. The van der Waals surface area contributed by atoms with Crippen molar-refractivity contribution in [1.82, 2.24) is 0 Å². The van der Waals surface area contributed by atoms with E-state index in [1.165, 1.54) is 0 Å². The number of nitrogen functional groups attached to an aromatic ring is 2. The first-order chi connectivity index (χ1) is 28.6. The first-order valence-corrected chi connectivity index (χ1v) is 19.6. The van der Waals surface area contributed by atoms with Gasteiger partial charge in [0.1, 0.15) is 24.7 Å². The fraction of sp³-hybridized carbons (Fsp3) is 0.115. The van der Waals surface area contributed by atoms with Crippen LogP contribution in [0.5, 0.6) is 11.5 Å². The third-order valence-corrected chi connectivity index (χ3v) is 10.9. The molecule has 9 aromatic carbocycles. The Kier molecular flexibility index (Phi) is 10.1. The van der Waals surface area contributed by atoms with Gasteiger partial charge in [0.25, 0.3) is 0 Å². The van der Waals surface area contributed by atoms with Crippen molar-refractivity contribution >= 4 is 54.5 Å². The molecule has 286 valence electrons. The lowest BCUT2D eigenvalue weighted by Crippen LogP contribution is -2.08. The van der Waals surface area contributed by atoms with E-state index in [0.717, 1.165) is 99.0 Å². The highest BCUT2D eigenvalue weighted by molar-refractivity contribution is 6.24. The standard InChI is InChI=1S/C52H44N2O4/c1-55-25-27-57-47-32-48(58-28-26-56-2)46(52-43-23-9-5-19-39(43)50(34-14-12-16-36(54)30-34)40-20-6-10-24-44(40)52)31-45(47)51-41-21-7-3-17-37(41)49(33-13-11-15-35(53)29-33)38-18-4-8-22-42(38)51/h3-24,29-32H,25-28,53-54H2,1-2H3. The summed E-state index contributed by atoms with van der Waals surface area (Å²) >= 11 is 0. The van der Waals surface area contributed by atoms with E-state index in [4.69, 9.17) is 30.4 Å². The summed E-state index contributed by atoms with van der Waals surface area (Å²) < 4.78 is 24.4. The van der Waals surface area contributed by atoms with Gasteiger partial charge in [0, 0.05) is 53.9 Å². The molecule has 9 aromatic rings. The molecule has 0 radical (unpaired) electrons. The van der Waals surface area contributed by atoms with Crippen molar-refractivity contribution in [3.05, 3.63) is 158 Å². The highest BCUT2D eigenvalue weighted by atomic mass is 16.5. The maximum atomic E-state index is 6.70. The fourth-order valence-corrected chi connectivity index (χ4v) is 8.51. The summed E-state index contributed by atoms with van der Waals surface area (Å²) in [6.07, 6.45) is 0. The Morgan fingerprint density at radius 1 is 0.345 bits per heavy atom. The van der Waals surface area contributed by atoms with Crippen LogP contribution in [0.3, 0.4) is 0 Å². The van der Waals surface area contributed by atoms with E-state index < -0.39 is 0 Å². The minimum atomic E-state index is 0.359. The minimum Gasteiger partial charge on any atom is -0.490 e. The van der Waals surface area contributed by atoms with Crippen LogP contribution in [0.15, 0.2) is 158 Å². The first-order valence-electron chi connectivity index (χ1n) is 19.6. The van der Waals surface area contributed by atoms with Crippen molar-refractivity contribution in [2.45, 2.75) is 0 Å². The van der Waals surface area contributed by atoms with Crippen molar-refractivity contribution < 1.29 is 18.9 Å². The molecule has 0 bridgehead atoms. The Hall–Kier alpha value is -6.86. The molecule has 4 N–H and O–H groups in total. The van der Waals surface area contributed by atoms with E-state index in [2.05, 4.69) is 133 Å². The van der Waals surface area contributed by atoms with Crippen LogP contribution in [0.25, 0.3) is 87.6 Å². The molecule has 0 aromatic heterocycles. The molecule has 9 rings (SSSR count). The molecule has 0 aliphatic carbocycles. The van der Waals surface area contributed by atoms with Crippen LogP contribution in [0, 0.1) is 0 Å². The zero-order chi connectivity index (χ0) is 39.6. The van der Waals surface area contributed by atoms with Gasteiger partial charge >= 0.3 is 0 Å². The molecule has 6 nitrogen and oxygen atoms in total. The summed E-state index contributed by atoms with van der Waals surface area (Å²) in [5, 5.41) is 8.87. The zero-order valence-corrected chi connectivity index (χ0v) is 32.6. The van der Waals surface area contributed by atoms with Crippen molar-refractivity contribution in [1.29, 1.82) is 0 Å². The number of benzene rings is 9. The molecule has 0 saturated carbocycles. The SMILES string of the molecule is COCCOc1cc(OCCOC)c(-c2c3ccccc3c(-c3cccc(N)c3)c3ccccc23)cc1-c1c2ccccc2c(-c2cccc(N)c2)c2ccccc12. The zero-order valence-electron chi connectivity index (χ0n) is 32.6. The lowest BCUT2D eigenvalue weighted by atomic mass is 9.83. The summed E-state index contributed by atoms with van der Waals surface area (Å²) in [6, 6.07) is 55.1. The molecule has 0 spiro atoms. The molecule has 0 heterocycles. The van der Waals surface area contributed by atoms with Crippen LogP contribution in [-0.2, 0) is 9.47 Å². The van der Waals surface area contributed by atoms with Gasteiger partial charge in [-0.05, 0) is 95.7 Å². The number of rotatable bonds is 12. The number of hydrogen-bond acceptors (Lipinski definition) is 6. The summed E-state index contributed by atoms with van der Waals surface area (Å²) in [4.78, 5) is 0. The second-order valence-corrected chi connectivity index (χ2v) is 14.5. The molecule has 0 atom stereocenters. The number of nitrogens with two attached hydrogens (primary N) is 2. The second-order valence-electron chi connectivity index (χ2n) is 14.5. The molecule has 0 saturated heterocycles. The molecular weight excluding hydrogens is 717 g/mol. The summed E-state index contributed by atoms with van der Waals surface area (Å²) in [5.74, 6) is 1.40. The molecular formula is C52H44N2O4. The second kappa shape index (κ2) is 15.9. The molecule has 58 heavy (non-hydrogen) atoms. The maximum absolute atomic E-state index is 6.70. The number of anilines is 2. The van der Waals surface area contributed by atoms with Crippen LogP contribution in [0.2, 0.25) is 0 Å². The van der Waals surface area contributed by atoms with E-state index in [0.29, 0.717) is 37.9 Å². The van der Waals surface area contributed by atoms with Crippen LogP contribution < -0.4 is 20.9 Å². The molecule has 6 heteroatoms. The minimum absolute atomic E-state index is 0.359. The molecule has 0 aliphatic heterocycles. The molecule has 0 amide bonds. The van der Waals surface area contributed by atoms with E-state index in [1.54, 1.807) is 14.2 Å². The number of hydrogen-bond donors (Lipinski definition) is 2. The largest absolute Gasteiger partial charge is 0.490 e. The predicted octanol–water partition coefficient (Wildman–Crippen LogP) is 12.2. The van der Waals surface area contributed by atoms with E-state index >= 15 is 0 Å². The average Bonchev–Trinajstić information content (AvgIpc) is 3.25. The third-order valence-electron chi connectivity index (χ3n) is 10.9. The smallest absolute Gasteiger partial charge is 0.131 e. The van der Waals surface area contributed by atoms with Gasteiger partial charge in [0.2, 0.25) is 0 Å². The quantitative estimate of drug-likeness (QED) is 0.0732. The Morgan fingerprint density at radius 3 is 0.983 bits per heavy atom. The molecule has 0 unspecified atom stereocenters. The van der Waals surface area contributed by atoms with E-state index in [1.807, 2.05) is 24.3 Å². The third kappa shape index (κ3) is 6.62. The summed E-state index contributed by atoms with van der Waals surface area (Å²) in [5.41, 5.74) is 22.7. The number of ether oxygens (including phenoxy) is 4. The highest BCUT2D eigenvalue weighted by Gasteiger charge is 2.25. The van der Waals surface area contributed by atoms with Crippen LogP contribution >= 0.6 is 0 Å². The molecule has 0 fully saturated rings. The van der Waals surface area contributed by atoms with Gasteiger partial charge in [-0.25, -0.2) is 0 Å². The normalized spacial score (nSPS) is 11.5. The van der Waals surface area contributed by atoms with Crippen LogP contribution in [-0.4, -0.2) is 40.6 Å². The lowest BCUT2D eigenvalue weighted by Gasteiger charge is -2.24. The average molecular weight is 761 g/mol. The van der Waals surface area contributed by atoms with E-state index in [-0.39, 0.29) is 0 Å². The van der Waals surface area contributed by atoms with Gasteiger partial charge in [-0.2, -0.15) is 0 Å². The van der Waals surface area contributed by atoms with Gasteiger partial charge < -0.3 is 30.4 Å². The topological polar surface area (TPSA) is 89.0 Å². The van der Waals surface area contributed by atoms with Crippen molar-refractivity contribution in [2.75, 3.05) is 52.1 Å². The van der Waals surface area contributed by atoms with Crippen molar-refractivity contribution in [3.63, 3.8) is 0 Å². The van der Waals surface area contributed by atoms with Crippen molar-refractivity contribution in [3.8, 4) is 56.0 Å². The van der Waals surface area contributed by atoms with Crippen molar-refractivity contribution in [2.24, 2.45) is 0 Å². The fourth-order valence-electron chi connectivity index (χ4n) is 8.51. The Morgan fingerprint density at radius 2 is 0.672 bits per heavy atom. The van der Waals surface area contributed by atoms with Gasteiger partial charge in [0.15, 0.2) is 0 Å². The van der Waals surface area contributed by atoms with Gasteiger partial charge in [-0.15, -0.1) is 0 Å². The molecule has 0 aliphatic rings. The lowest BCUT2D eigenvalue weighted by molar-refractivity contribution is 0.143.